The second kappa shape index (κ2) is 5.66. The lowest BCUT2D eigenvalue weighted by atomic mass is 10.2. The van der Waals surface area contributed by atoms with Gasteiger partial charge in [0, 0.05) is 13.1 Å². The van der Waals surface area contributed by atoms with Crippen LogP contribution in [0.5, 0.6) is 5.75 Å². The molecule has 0 N–H and O–H groups in total. The molecule has 1 amide bonds. The van der Waals surface area contributed by atoms with Gasteiger partial charge in [-0.2, -0.15) is 5.10 Å². The summed E-state index contributed by atoms with van der Waals surface area (Å²) in [6.07, 6.45) is 1.48. The number of pyridine rings is 1. The number of aryl methyl sites for hydroxylation is 1. The predicted octanol–water partition coefficient (Wildman–Crippen LogP) is 0.705. The van der Waals surface area contributed by atoms with E-state index < -0.39 is 12.5 Å². The molecule has 1 fully saturated rings. The molecule has 0 unspecified atom stereocenters. The Morgan fingerprint density at radius 1 is 1.50 bits per heavy atom. The fraction of sp³-hybridized carbons (Fsp3) is 0.385. The fourth-order valence-electron chi connectivity index (χ4n) is 2.16. The highest BCUT2D eigenvalue weighted by Crippen LogP contribution is 2.25. The number of carbonyl (C=O) groups excluding carboxylic acids is 1. The van der Waals surface area contributed by atoms with Gasteiger partial charge in [-0.1, -0.05) is 0 Å². The monoisotopic (exact) mass is 309 g/mol. The summed E-state index contributed by atoms with van der Waals surface area (Å²) in [5.41, 5.74) is 0.331. The molecule has 0 aromatic carbocycles. The Balaban J connectivity index is 1.83. The number of nitrogens with zero attached hydrogens (tertiary/aromatic N) is 5. The molecule has 22 heavy (non-hydrogen) atoms. The van der Waals surface area contributed by atoms with E-state index >= 15 is 0 Å². The number of halogens is 2. The van der Waals surface area contributed by atoms with Crippen molar-refractivity contribution in [2.75, 3.05) is 13.1 Å². The van der Waals surface area contributed by atoms with Crippen molar-refractivity contribution in [2.24, 2.45) is 7.05 Å². The maximum absolute atomic E-state index is 13.8. The average molecular weight is 309 g/mol. The summed E-state index contributed by atoms with van der Waals surface area (Å²) in [6, 6.07) is 1.39. The summed E-state index contributed by atoms with van der Waals surface area (Å²) in [5.74, 6) is -0.237. The molecule has 0 saturated carbocycles. The predicted molar refractivity (Wildman–Crippen MR) is 71.1 cm³/mol. The molecule has 3 heterocycles. The second-order valence-corrected chi connectivity index (χ2v) is 4.91. The smallest absolute Gasteiger partial charge is 0.209 e. The number of carbonyl (C=O) groups is 1. The van der Waals surface area contributed by atoms with Gasteiger partial charge in [0.05, 0.1) is 19.3 Å². The molecule has 1 aliphatic rings. The quantitative estimate of drug-likeness (QED) is 0.760. The van der Waals surface area contributed by atoms with E-state index in [-0.39, 0.29) is 17.7 Å². The topological polar surface area (TPSA) is 73.1 Å². The van der Waals surface area contributed by atoms with E-state index in [0.29, 0.717) is 31.0 Å². The number of hydrogen-bond acceptors (Lipinski definition) is 5. The normalized spacial score (nSPS) is 14.8. The SMILES string of the molecule is Cn1nc(CF)nc1-c1cc(OC2CN(C=O)C2)c(F)cn1. The number of hydrogen-bond donors (Lipinski definition) is 0. The Labute approximate surface area is 124 Å². The van der Waals surface area contributed by atoms with Gasteiger partial charge in [0.15, 0.2) is 29.9 Å². The van der Waals surface area contributed by atoms with Crippen LogP contribution in [0.3, 0.4) is 0 Å². The van der Waals surface area contributed by atoms with Gasteiger partial charge < -0.3 is 9.64 Å². The molecule has 1 aliphatic heterocycles. The van der Waals surface area contributed by atoms with E-state index in [4.69, 9.17) is 4.74 Å². The lowest BCUT2D eigenvalue weighted by Crippen LogP contribution is -2.52. The maximum Gasteiger partial charge on any atom is 0.209 e. The number of amides is 1. The standard InChI is InChI=1S/C13H13F2N5O2/c1-19-13(17-12(3-14)18-19)10-2-11(9(15)4-16-10)22-8-5-20(6-8)7-21/h2,4,7-8H,3,5-6H2,1H3. The molecule has 9 heteroatoms. The lowest BCUT2D eigenvalue weighted by Gasteiger charge is -2.36. The van der Waals surface area contributed by atoms with Crippen LogP contribution >= 0.6 is 0 Å². The van der Waals surface area contributed by atoms with Crippen LogP contribution in [0, 0.1) is 5.82 Å². The summed E-state index contributed by atoms with van der Waals surface area (Å²) in [6.45, 7) is 0.0368. The molecule has 0 bridgehead atoms. The van der Waals surface area contributed by atoms with Crippen molar-refractivity contribution in [3.8, 4) is 17.3 Å². The van der Waals surface area contributed by atoms with Gasteiger partial charge >= 0.3 is 0 Å². The number of likely N-dealkylation sites (tertiary alicyclic amines) is 1. The van der Waals surface area contributed by atoms with Crippen molar-refractivity contribution >= 4 is 6.41 Å². The van der Waals surface area contributed by atoms with Gasteiger partial charge in [0.1, 0.15) is 11.8 Å². The molecular formula is C13H13F2N5O2. The molecule has 0 radical (unpaired) electrons. The van der Waals surface area contributed by atoms with Crippen LogP contribution in [0.2, 0.25) is 0 Å². The lowest BCUT2D eigenvalue weighted by molar-refractivity contribution is -0.126. The van der Waals surface area contributed by atoms with Crippen molar-refractivity contribution in [1.82, 2.24) is 24.6 Å². The van der Waals surface area contributed by atoms with Crippen molar-refractivity contribution in [3.63, 3.8) is 0 Å². The molecule has 2 aromatic rings. The van der Waals surface area contributed by atoms with Crippen LogP contribution in [-0.2, 0) is 18.5 Å². The molecule has 2 aromatic heterocycles. The second-order valence-electron chi connectivity index (χ2n) is 4.91. The molecule has 3 rings (SSSR count). The molecule has 0 aliphatic carbocycles. The number of ether oxygens (including phenoxy) is 1. The first-order valence-electron chi connectivity index (χ1n) is 6.58. The summed E-state index contributed by atoms with van der Waals surface area (Å²) >= 11 is 0. The van der Waals surface area contributed by atoms with Gasteiger partial charge in [-0.15, -0.1) is 0 Å². The van der Waals surface area contributed by atoms with Crippen molar-refractivity contribution < 1.29 is 18.3 Å². The van der Waals surface area contributed by atoms with E-state index in [1.54, 1.807) is 7.05 Å². The zero-order valence-electron chi connectivity index (χ0n) is 11.7. The highest BCUT2D eigenvalue weighted by Gasteiger charge is 2.28. The fourth-order valence-corrected chi connectivity index (χ4v) is 2.16. The van der Waals surface area contributed by atoms with Crippen LogP contribution in [0.1, 0.15) is 5.82 Å². The third kappa shape index (κ3) is 2.61. The first-order chi connectivity index (χ1) is 10.6. The van der Waals surface area contributed by atoms with E-state index in [9.17, 15) is 13.6 Å². The van der Waals surface area contributed by atoms with E-state index in [2.05, 4.69) is 15.1 Å². The Morgan fingerprint density at radius 3 is 2.91 bits per heavy atom. The van der Waals surface area contributed by atoms with Crippen LogP contribution in [0.4, 0.5) is 8.78 Å². The van der Waals surface area contributed by atoms with Gasteiger partial charge in [0.2, 0.25) is 6.41 Å². The Morgan fingerprint density at radius 2 is 2.27 bits per heavy atom. The Hall–Kier alpha value is -2.58. The largest absolute Gasteiger partial charge is 0.483 e. The van der Waals surface area contributed by atoms with Crippen molar-refractivity contribution in [1.29, 1.82) is 0 Å². The first kappa shape index (κ1) is 14.4. The Kier molecular flexibility index (Phi) is 3.70. The molecule has 0 spiro atoms. The summed E-state index contributed by atoms with van der Waals surface area (Å²) in [4.78, 5) is 19.9. The average Bonchev–Trinajstić information content (AvgIpc) is 2.85. The van der Waals surface area contributed by atoms with Crippen LogP contribution in [0.15, 0.2) is 12.3 Å². The van der Waals surface area contributed by atoms with E-state index in [0.717, 1.165) is 6.20 Å². The van der Waals surface area contributed by atoms with Crippen LogP contribution in [-0.4, -0.2) is 50.3 Å². The number of aromatic nitrogens is 4. The van der Waals surface area contributed by atoms with E-state index in [1.165, 1.54) is 15.6 Å². The van der Waals surface area contributed by atoms with Gasteiger partial charge in [-0.3, -0.25) is 4.79 Å². The van der Waals surface area contributed by atoms with Crippen molar-refractivity contribution in [3.05, 3.63) is 23.9 Å². The summed E-state index contributed by atoms with van der Waals surface area (Å²) in [7, 11) is 1.60. The minimum absolute atomic E-state index is 0.0188. The third-order valence-electron chi connectivity index (χ3n) is 3.29. The third-order valence-corrected chi connectivity index (χ3v) is 3.29. The van der Waals surface area contributed by atoms with Gasteiger partial charge in [-0.05, 0) is 0 Å². The molecule has 1 saturated heterocycles. The number of rotatable bonds is 5. The molecule has 7 nitrogen and oxygen atoms in total. The Bertz CT molecular complexity index is 700. The zero-order chi connectivity index (χ0) is 15.7. The van der Waals surface area contributed by atoms with E-state index in [1.807, 2.05) is 0 Å². The minimum Gasteiger partial charge on any atom is -0.483 e. The molecular weight excluding hydrogens is 296 g/mol. The van der Waals surface area contributed by atoms with Gasteiger partial charge in [0.25, 0.3) is 0 Å². The first-order valence-corrected chi connectivity index (χ1v) is 6.58. The molecule has 116 valence electrons. The summed E-state index contributed by atoms with van der Waals surface area (Å²) in [5, 5.41) is 3.88. The zero-order valence-corrected chi connectivity index (χ0v) is 11.7. The van der Waals surface area contributed by atoms with Gasteiger partial charge in [-0.25, -0.2) is 23.4 Å². The van der Waals surface area contributed by atoms with Crippen LogP contribution in [0.25, 0.3) is 11.5 Å². The number of alkyl halides is 1. The highest BCUT2D eigenvalue weighted by atomic mass is 19.1. The highest BCUT2D eigenvalue weighted by molar-refractivity contribution is 5.52. The summed E-state index contributed by atoms with van der Waals surface area (Å²) < 4.78 is 33.3. The van der Waals surface area contributed by atoms with Crippen molar-refractivity contribution in [2.45, 2.75) is 12.8 Å². The van der Waals surface area contributed by atoms with Crippen LogP contribution < -0.4 is 4.74 Å². The maximum atomic E-state index is 13.8. The molecule has 0 atom stereocenters. The minimum atomic E-state index is -0.790.